The van der Waals surface area contributed by atoms with Crippen LogP contribution in [0.15, 0.2) is 58.1 Å². The van der Waals surface area contributed by atoms with Crippen LogP contribution < -0.4 is 10.7 Å². The van der Waals surface area contributed by atoms with Crippen molar-refractivity contribution >= 4 is 50.4 Å². The Kier molecular flexibility index (Phi) is 6.06. The zero-order chi connectivity index (χ0) is 18.5. The maximum absolute atomic E-state index is 5.15. The van der Waals surface area contributed by atoms with Crippen molar-refractivity contribution in [1.29, 1.82) is 0 Å². The summed E-state index contributed by atoms with van der Waals surface area (Å²) in [4.78, 5) is 0. The summed E-state index contributed by atoms with van der Waals surface area (Å²) < 4.78 is 3.41. The Morgan fingerprint density at radius 2 is 1.92 bits per heavy atom. The monoisotopic (exact) mass is 428 g/mol. The third-order valence-electron chi connectivity index (χ3n) is 4.23. The Bertz CT molecular complexity index is 944. The van der Waals surface area contributed by atoms with Crippen molar-refractivity contribution in [3.05, 3.63) is 69.8 Å². The Labute approximate surface area is 167 Å². The highest BCUT2D eigenvalue weighted by atomic mass is 79.9. The van der Waals surface area contributed by atoms with E-state index in [0.717, 1.165) is 23.1 Å². The molecular formula is C20H21BrN4S. The number of thiocarbonyl (C=S) groups is 1. The van der Waals surface area contributed by atoms with Gasteiger partial charge in [-0.15, -0.1) is 0 Å². The predicted octanol–water partition coefficient (Wildman–Crippen LogP) is 4.58. The number of fused-ring (bicyclic) bond motifs is 1. The van der Waals surface area contributed by atoms with Crippen LogP contribution in [0, 0.1) is 6.92 Å². The third kappa shape index (κ3) is 4.14. The summed E-state index contributed by atoms with van der Waals surface area (Å²) in [6, 6.07) is 16.8. The fourth-order valence-electron chi connectivity index (χ4n) is 2.95. The van der Waals surface area contributed by atoms with E-state index in [0.29, 0.717) is 5.11 Å². The molecule has 0 fully saturated rings. The second-order valence-corrected chi connectivity index (χ2v) is 7.28. The summed E-state index contributed by atoms with van der Waals surface area (Å²) >= 11 is 8.65. The molecule has 3 rings (SSSR count). The zero-order valence-electron chi connectivity index (χ0n) is 14.8. The van der Waals surface area contributed by atoms with Crippen molar-refractivity contribution in [2.75, 3.05) is 6.54 Å². The lowest BCUT2D eigenvalue weighted by Crippen LogP contribution is -2.31. The lowest BCUT2D eigenvalue weighted by Gasteiger charge is -2.09. The van der Waals surface area contributed by atoms with Crippen LogP contribution in [0.5, 0.6) is 0 Å². The van der Waals surface area contributed by atoms with Crippen LogP contribution in [0.1, 0.15) is 23.7 Å². The summed E-state index contributed by atoms with van der Waals surface area (Å²) in [5, 5.41) is 9.04. The second kappa shape index (κ2) is 8.47. The number of halogens is 1. The van der Waals surface area contributed by atoms with Crippen LogP contribution in [0.4, 0.5) is 0 Å². The minimum atomic E-state index is 0.528. The van der Waals surface area contributed by atoms with Gasteiger partial charge in [0.15, 0.2) is 5.11 Å². The van der Waals surface area contributed by atoms with Gasteiger partial charge >= 0.3 is 0 Å². The first-order valence-electron chi connectivity index (χ1n) is 8.49. The van der Waals surface area contributed by atoms with Crippen molar-refractivity contribution in [2.24, 2.45) is 5.10 Å². The number of para-hydroxylation sites is 1. The zero-order valence-corrected chi connectivity index (χ0v) is 17.2. The molecule has 134 valence electrons. The first-order valence-corrected chi connectivity index (χ1v) is 9.69. The molecule has 0 spiro atoms. The van der Waals surface area contributed by atoms with Gasteiger partial charge in [0.05, 0.1) is 6.21 Å². The minimum absolute atomic E-state index is 0.528. The quantitative estimate of drug-likeness (QED) is 0.355. The van der Waals surface area contributed by atoms with Crippen LogP contribution in [-0.4, -0.2) is 22.4 Å². The summed E-state index contributed by atoms with van der Waals surface area (Å²) in [5.74, 6) is 0. The number of nitrogens with zero attached hydrogens (tertiary/aromatic N) is 2. The molecule has 26 heavy (non-hydrogen) atoms. The van der Waals surface area contributed by atoms with Gasteiger partial charge in [-0.2, -0.15) is 5.10 Å². The maximum Gasteiger partial charge on any atom is 0.186 e. The average molecular weight is 429 g/mol. The van der Waals surface area contributed by atoms with Gasteiger partial charge in [-0.1, -0.05) is 46.3 Å². The molecule has 0 saturated heterocycles. The van der Waals surface area contributed by atoms with Gasteiger partial charge in [0.2, 0.25) is 0 Å². The van der Waals surface area contributed by atoms with Gasteiger partial charge < -0.3 is 9.88 Å². The maximum atomic E-state index is 5.15. The van der Waals surface area contributed by atoms with Crippen molar-refractivity contribution in [3.8, 4) is 0 Å². The van der Waals surface area contributed by atoms with E-state index in [4.69, 9.17) is 12.2 Å². The molecule has 0 aliphatic rings. The van der Waals surface area contributed by atoms with Crippen molar-refractivity contribution < 1.29 is 0 Å². The van der Waals surface area contributed by atoms with Gasteiger partial charge in [0.1, 0.15) is 0 Å². The molecule has 1 heterocycles. The summed E-state index contributed by atoms with van der Waals surface area (Å²) in [6.45, 7) is 5.71. The smallest absolute Gasteiger partial charge is 0.186 e. The fraction of sp³-hybridized carbons (Fsp3) is 0.200. The lowest BCUT2D eigenvalue weighted by molar-refractivity contribution is 0.804. The highest BCUT2D eigenvalue weighted by Crippen LogP contribution is 2.25. The molecule has 0 aliphatic carbocycles. The number of hydrogen-bond acceptors (Lipinski definition) is 2. The predicted molar refractivity (Wildman–Crippen MR) is 117 cm³/mol. The van der Waals surface area contributed by atoms with Crippen molar-refractivity contribution in [3.63, 3.8) is 0 Å². The number of benzene rings is 2. The van der Waals surface area contributed by atoms with Gasteiger partial charge in [0, 0.05) is 39.7 Å². The molecule has 0 atom stereocenters. The molecule has 4 nitrogen and oxygen atoms in total. The van der Waals surface area contributed by atoms with E-state index in [9.17, 15) is 0 Å². The third-order valence-corrected chi connectivity index (χ3v) is 4.99. The van der Waals surface area contributed by atoms with Crippen LogP contribution in [0.2, 0.25) is 0 Å². The molecule has 0 unspecified atom stereocenters. The minimum Gasteiger partial charge on any atom is -0.362 e. The standard InChI is InChI=1S/C20H21BrN4S/c1-3-22-20(26)24-23-12-18-14(2)25(19-7-5-4-6-17(18)19)13-15-8-10-16(21)11-9-15/h4-12H,3,13H2,1-2H3,(H2,22,24,26). The van der Waals surface area contributed by atoms with Gasteiger partial charge in [-0.25, -0.2) is 0 Å². The van der Waals surface area contributed by atoms with Gasteiger partial charge in [-0.05, 0) is 49.8 Å². The topological polar surface area (TPSA) is 41.4 Å². The Hall–Kier alpha value is -2.18. The van der Waals surface area contributed by atoms with Crippen molar-refractivity contribution in [1.82, 2.24) is 15.3 Å². The van der Waals surface area contributed by atoms with Crippen LogP contribution in [-0.2, 0) is 6.54 Å². The first kappa shape index (κ1) is 18.6. The first-order chi connectivity index (χ1) is 12.6. The summed E-state index contributed by atoms with van der Waals surface area (Å²) in [5.41, 5.74) is 7.60. The molecular weight excluding hydrogens is 408 g/mol. The number of hydrazone groups is 1. The van der Waals surface area contributed by atoms with Gasteiger partial charge in [-0.3, -0.25) is 5.43 Å². The van der Waals surface area contributed by atoms with E-state index in [1.807, 2.05) is 13.1 Å². The molecule has 0 radical (unpaired) electrons. The number of nitrogens with one attached hydrogen (secondary N) is 2. The Morgan fingerprint density at radius 1 is 1.19 bits per heavy atom. The SMILES string of the molecule is CCNC(=S)NN=Cc1c(C)n(Cc2ccc(Br)cc2)c2ccccc12. The summed E-state index contributed by atoms with van der Waals surface area (Å²) in [7, 11) is 0. The van der Waals surface area contributed by atoms with E-state index >= 15 is 0 Å². The molecule has 0 saturated carbocycles. The highest BCUT2D eigenvalue weighted by molar-refractivity contribution is 9.10. The molecule has 0 bridgehead atoms. The van der Waals surface area contributed by atoms with Crippen LogP contribution in [0.3, 0.4) is 0 Å². The van der Waals surface area contributed by atoms with Crippen LogP contribution in [0.25, 0.3) is 10.9 Å². The molecule has 6 heteroatoms. The number of aromatic nitrogens is 1. The molecule has 2 aromatic carbocycles. The highest BCUT2D eigenvalue weighted by Gasteiger charge is 2.12. The molecule has 1 aromatic heterocycles. The number of rotatable bonds is 5. The molecule has 2 N–H and O–H groups in total. The Morgan fingerprint density at radius 3 is 2.65 bits per heavy atom. The van der Waals surface area contributed by atoms with Gasteiger partial charge in [0.25, 0.3) is 0 Å². The van der Waals surface area contributed by atoms with E-state index < -0.39 is 0 Å². The van der Waals surface area contributed by atoms with Crippen LogP contribution >= 0.6 is 28.1 Å². The van der Waals surface area contributed by atoms with E-state index in [-0.39, 0.29) is 0 Å². The lowest BCUT2D eigenvalue weighted by atomic mass is 10.1. The normalized spacial score (nSPS) is 11.2. The molecule has 3 aromatic rings. The second-order valence-electron chi connectivity index (χ2n) is 5.96. The summed E-state index contributed by atoms with van der Waals surface area (Å²) in [6.07, 6.45) is 1.85. The van der Waals surface area contributed by atoms with E-state index in [1.54, 1.807) is 0 Å². The fourth-order valence-corrected chi connectivity index (χ4v) is 3.41. The Balaban J connectivity index is 1.94. The average Bonchev–Trinajstić information content (AvgIpc) is 2.90. The van der Waals surface area contributed by atoms with E-state index in [1.165, 1.54) is 22.2 Å². The molecule has 0 aliphatic heterocycles. The van der Waals surface area contributed by atoms with Crippen molar-refractivity contribution in [2.45, 2.75) is 20.4 Å². The number of hydrogen-bond donors (Lipinski definition) is 2. The van der Waals surface area contributed by atoms with E-state index in [2.05, 4.69) is 91.8 Å². The largest absolute Gasteiger partial charge is 0.362 e. The molecule has 0 amide bonds.